The topological polar surface area (TPSA) is 56.7 Å². The molecule has 1 heterocycles. The number of guanidine groups is 1. The Balaban J connectivity index is 0.00000338. The number of halogens is 1. The number of likely N-dealkylation sites (tertiary alicyclic amines) is 1. The van der Waals surface area contributed by atoms with E-state index in [2.05, 4.69) is 34.7 Å². The molecule has 0 unspecified atom stereocenters. The summed E-state index contributed by atoms with van der Waals surface area (Å²) in [5.41, 5.74) is 2.43. The van der Waals surface area contributed by atoms with E-state index in [1.165, 1.54) is 36.8 Å². The van der Waals surface area contributed by atoms with Crippen molar-refractivity contribution in [3.05, 3.63) is 35.4 Å². The molecule has 1 aromatic carbocycles. The lowest BCUT2D eigenvalue weighted by Gasteiger charge is -2.19. The van der Waals surface area contributed by atoms with Crippen LogP contribution in [0.1, 0.15) is 56.6 Å². The van der Waals surface area contributed by atoms with Crippen LogP contribution in [0.25, 0.3) is 0 Å². The van der Waals surface area contributed by atoms with E-state index in [1.807, 2.05) is 17.0 Å². The quantitative estimate of drug-likeness (QED) is 0.250. The molecule has 0 saturated carbocycles. The van der Waals surface area contributed by atoms with Crippen molar-refractivity contribution in [3.63, 3.8) is 0 Å². The summed E-state index contributed by atoms with van der Waals surface area (Å²) in [6, 6.07) is 8.33. The molecule has 0 aliphatic carbocycles. The second-order valence-corrected chi connectivity index (χ2v) is 6.60. The number of rotatable bonds is 9. The highest BCUT2D eigenvalue weighted by atomic mass is 127. The average molecular weight is 472 g/mol. The van der Waals surface area contributed by atoms with E-state index in [0.717, 1.165) is 25.5 Å². The molecule has 0 spiro atoms. The number of benzene rings is 1. The van der Waals surface area contributed by atoms with Gasteiger partial charge in [-0.3, -0.25) is 9.79 Å². The molecule has 0 atom stereocenters. The van der Waals surface area contributed by atoms with Crippen LogP contribution in [-0.4, -0.2) is 36.9 Å². The van der Waals surface area contributed by atoms with E-state index in [9.17, 15) is 4.79 Å². The third kappa shape index (κ3) is 7.51. The molecular weight excluding hydrogens is 439 g/mol. The van der Waals surface area contributed by atoms with Crippen molar-refractivity contribution < 1.29 is 4.79 Å². The first-order valence-corrected chi connectivity index (χ1v) is 9.53. The summed E-state index contributed by atoms with van der Waals surface area (Å²) in [4.78, 5) is 18.1. The zero-order valence-electron chi connectivity index (χ0n) is 16.1. The smallest absolute Gasteiger partial charge is 0.222 e. The van der Waals surface area contributed by atoms with Crippen molar-refractivity contribution in [1.29, 1.82) is 0 Å². The maximum absolute atomic E-state index is 11.9. The lowest BCUT2D eigenvalue weighted by Crippen LogP contribution is -2.37. The molecule has 1 amide bonds. The molecule has 0 bridgehead atoms. The molecular formula is C20H33IN4O. The van der Waals surface area contributed by atoms with E-state index >= 15 is 0 Å². The molecule has 5 nitrogen and oxygen atoms in total. The standard InChI is InChI=1S/C20H32N4O.HI/c1-3-4-5-8-13-22-20(21-2)23-15-17-10-6-7-11-18(17)16-24-14-9-12-19(24)25;/h6-7,10-11H,3-5,8-9,12-16H2,1-2H3,(H2,21,22,23);1H. The normalized spacial score (nSPS) is 14.3. The van der Waals surface area contributed by atoms with Crippen molar-refractivity contribution >= 4 is 35.8 Å². The predicted molar refractivity (Wildman–Crippen MR) is 119 cm³/mol. The zero-order chi connectivity index (χ0) is 17.9. The van der Waals surface area contributed by atoms with Gasteiger partial charge in [-0.15, -0.1) is 24.0 Å². The van der Waals surface area contributed by atoms with E-state index in [1.54, 1.807) is 7.05 Å². The SMILES string of the molecule is CCCCCCNC(=NC)NCc1ccccc1CN1CCCC1=O.I. The number of hydrogen-bond acceptors (Lipinski definition) is 2. The van der Waals surface area contributed by atoms with Crippen molar-refractivity contribution in [2.24, 2.45) is 4.99 Å². The van der Waals surface area contributed by atoms with Crippen LogP contribution in [-0.2, 0) is 17.9 Å². The van der Waals surface area contributed by atoms with Gasteiger partial charge in [0.25, 0.3) is 0 Å². The minimum absolute atomic E-state index is 0. The lowest BCUT2D eigenvalue weighted by molar-refractivity contribution is -0.128. The first kappa shape index (κ1) is 22.7. The third-order valence-electron chi connectivity index (χ3n) is 4.64. The van der Waals surface area contributed by atoms with Crippen LogP contribution >= 0.6 is 24.0 Å². The fourth-order valence-corrected chi connectivity index (χ4v) is 3.12. The molecule has 26 heavy (non-hydrogen) atoms. The molecule has 1 fully saturated rings. The fourth-order valence-electron chi connectivity index (χ4n) is 3.12. The maximum atomic E-state index is 11.9. The molecule has 2 rings (SSSR count). The molecule has 1 aliphatic heterocycles. The van der Waals surface area contributed by atoms with Crippen molar-refractivity contribution in [3.8, 4) is 0 Å². The van der Waals surface area contributed by atoms with Gasteiger partial charge in [0.1, 0.15) is 0 Å². The number of nitrogens with zero attached hydrogens (tertiary/aromatic N) is 2. The summed E-state index contributed by atoms with van der Waals surface area (Å²) in [7, 11) is 1.80. The Hall–Kier alpha value is -1.31. The summed E-state index contributed by atoms with van der Waals surface area (Å²) in [5.74, 6) is 1.11. The van der Waals surface area contributed by atoms with Crippen LogP contribution in [0, 0.1) is 0 Å². The van der Waals surface area contributed by atoms with Gasteiger partial charge in [-0.1, -0.05) is 50.5 Å². The summed E-state index contributed by atoms with van der Waals surface area (Å²) in [6.45, 7) is 5.47. The molecule has 1 aromatic rings. The molecule has 0 radical (unpaired) electrons. The number of nitrogens with one attached hydrogen (secondary N) is 2. The highest BCUT2D eigenvalue weighted by Gasteiger charge is 2.20. The van der Waals surface area contributed by atoms with Gasteiger partial charge in [0.2, 0.25) is 5.91 Å². The van der Waals surface area contributed by atoms with Gasteiger partial charge in [-0.2, -0.15) is 0 Å². The summed E-state index contributed by atoms with van der Waals surface area (Å²) in [6.07, 6.45) is 6.64. The summed E-state index contributed by atoms with van der Waals surface area (Å²) >= 11 is 0. The Morgan fingerprint density at radius 3 is 2.58 bits per heavy atom. The Kier molecular flexibility index (Phi) is 11.3. The number of unbranched alkanes of at least 4 members (excludes halogenated alkanes) is 3. The van der Waals surface area contributed by atoms with Crippen LogP contribution in [0.2, 0.25) is 0 Å². The van der Waals surface area contributed by atoms with Crippen LogP contribution in [0.5, 0.6) is 0 Å². The van der Waals surface area contributed by atoms with Gasteiger partial charge in [0, 0.05) is 39.6 Å². The van der Waals surface area contributed by atoms with Gasteiger partial charge >= 0.3 is 0 Å². The summed E-state index contributed by atoms with van der Waals surface area (Å²) in [5, 5.41) is 6.76. The molecule has 1 aliphatic rings. The minimum atomic E-state index is 0. The van der Waals surface area contributed by atoms with Crippen LogP contribution in [0.15, 0.2) is 29.3 Å². The number of hydrogen-bond donors (Lipinski definition) is 2. The first-order chi connectivity index (χ1) is 12.2. The Bertz CT molecular complexity index is 577. The van der Waals surface area contributed by atoms with Crippen LogP contribution in [0.4, 0.5) is 0 Å². The van der Waals surface area contributed by atoms with E-state index in [0.29, 0.717) is 19.5 Å². The largest absolute Gasteiger partial charge is 0.356 e. The number of amides is 1. The Morgan fingerprint density at radius 1 is 1.15 bits per heavy atom. The number of aliphatic imine (C=N–C) groups is 1. The van der Waals surface area contributed by atoms with E-state index in [-0.39, 0.29) is 29.9 Å². The van der Waals surface area contributed by atoms with Crippen molar-refractivity contribution in [2.45, 2.75) is 58.5 Å². The van der Waals surface area contributed by atoms with Gasteiger partial charge < -0.3 is 15.5 Å². The molecule has 1 saturated heterocycles. The second-order valence-electron chi connectivity index (χ2n) is 6.60. The summed E-state index contributed by atoms with van der Waals surface area (Å²) < 4.78 is 0. The van der Waals surface area contributed by atoms with Gasteiger partial charge in [0.15, 0.2) is 5.96 Å². The highest BCUT2D eigenvalue weighted by molar-refractivity contribution is 14.0. The monoisotopic (exact) mass is 472 g/mol. The molecule has 6 heteroatoms. The zero-order valence-corrected chi connectivity index (χ0v) is 18.4. The average Bonchev–Trinajstić information content (AvgIpc) is 3.03. The van der Waals surface area contributed by atoms with Crippen LogP contribution < -0.4 is 10.6 Å². The Morgan fingerprint density at radius 2 is 1.92 bits per heavy atom. The van der Waals surface area contributed by atoms with Crippen molar-refractivity contribution in [2.75, 3.05) is 20.1 Å². The highest BCUT2D eigenvalue weighted by Crippen LogP contribution is 2.17. The second kappa shape index (κ2) is 12.9. The lowest BCUT2D eigenvalue weighted by atomic mass is 10.1. The fraction of sp³-hybridized carbons (Fsp3) is 0.600. The van der Waals surface area contributed by atoms with E-state index < -0.39 is 0 Å². The maximum Gasteiger partial charge on any atom is 0.222 e. The Labute approximate surface area is 175 Å². The van der Waals surface area contributed by atoms with E-state index in [4.69, 9.17) is 0 Å². The molecule has 146 valence electrons. The molecule has 2 N–H and O–H groups in total. The minimum Gasteiger partial charge on any atom is -0.356 e. The van der Waals surface area contributed by atoms with Gasteiger partial charge in [-0.25, -0.2) is 0 Å². The number of carbonyl (C=O) groups excluding carboxylic acids is 1. The van der Waals surface area contributed by atoms with Crippen molar-refractivity contribution in [1.82, 2.24) is 15.5 Å². The first-order valence-electron chi connectivity index (χ1n) is 9.53. The van der Waals surface area contributed by atoms with Crippen LogP contribution in [0.3, 0.4) is 0 Å². The number of carbonyl (C=O) groups is 1. The predicted octanol–water partition coefficient (Wildman–Crippen LogP) is 3.67. The molecule has 0 aromatic heterocycles. The van der Waals surface area contributed by atoms with Gasteiger partial charge in [0.05, 0.1) is 0 Å². The van der Waals surface area contributed by atoms with Gasteiger partial charge in [-0.05, 0) is 24.0 Å². The third-order valence-corrected chi connectivity index (χ3v) is 4.64.